The third-order valence-electron chi connectivity index (χ3n) is 3.48. The minimum atomic E-state index is 0.613. The van der Waals surface area contributed by atoms with Crippen LogP contribution < -0.4 is 5.32 Å². The Bertz CT molecular complexity index is 197. The van der Waals surface area contributed by atoms with Gasteiger partial charge in [-0.1, -0.05) is 34.6 Å². The molecule has 102 valence electrons. The maximum Gasteiger partial charge on any atom is 0.00965 e. The van der Waals surface area contributed by atoms with Gasteiger partial charge in [0.05, 0.1) is 0 Å². The third kappa shape index (κ3) is 7.05. The Morgan fingerprint density at radius 3 is 2.24 bits per heavy atom. The summed E-state index contributed by atoms with van der Waals surface area (Å²) in [4.78, 5) is 2.73. The molecule has 17 heavy (non-hydrogen) atoms. The van der Waals surface area contributed by atoms with Crippen LogP contribution in [0.25, 0.3) is 0 Å². The molecule has 0 radical (unpaired) electrons. The first-order valence-electron chi connectivity index (χ1n) is 7.46. The second kappa shape index (κ2) is 7.38. The molecule has 0 aliphatic heterocycles. The maximum absolute atomic E-state index is 3.55. The zero-order valence-electron chi connectivity index (χ0n) is 12.5. The van der Waals surface area contributed by atoms with Gasteiger partial charge in [-0.15, -0.1) is 0 Å². The van der Waals surface area contributed by atoms with Crippen LogP contribution in [0.1, 0.15) is 53.9 Å². The highest BCUT2D eigenvalue weighted by Crippen LogP contribution is 2.28. The molecule has 1 N–H and O–H groups in total. The van der Waals surface area contributed by atoms with E-state index in [1.165, 1.54) is 32.4 Å². The quantitative estimate of drug-likeness (QED) is 0.666. The summed E-state index contributed by atoms with van der Waals surface area (Å²) >= 11 is 0. The number of nitrogens with zero attached hydrogens (tertiary/aromatic N) is 1. The van der Waals surface area contributed by atoms with E-state index in [9.17, 15) is 0 Å². The van der Waals surface area contributed by atoms with E-state index in [0.717, 1.165) is 24.4 Å². The highest BCUT2D eigenvalue weighted by Gasteiger charge is 2.29. The molecule has 2 nitrogen and oxygen atoms in total. The Morgan fingerprint density at radius 1 is 1.12 bits per heavy atom. The van der Waals surface area contributed by atoms with Crippen molar-refractivity contribution in [2.75, 3.05) is 19.6 Å². The summed E-state index contributed by atoms with van der Waals surface area (Å²) in [7, 11) is 0. The second-order valence-electron chi connectivity index (χ2n) is 6.58. The largest absolute Gasteiger partial charge is 0.314 e. The predicted octanol–water partition coefficient (Wildman–Crippen LogP) is 3.13. The summed E-state index contributed by atoms with van der Waals surface area (Å²) in [6, 6.07) is 1.53. The molecule has 0 aromatic rings. The minimum Gasteiger partial charge on any atom is -0.314 e. The van der Waals surface area contributed by atoms with Crippen LogP contribution in [-0.4, -0.2) is 36.6 Å². The zero-order valence-corrected chi connectivity index (χ0v) is 12.5. The Balaban J connectivity index is 2.23. The second-order valence-corrected chi connectivity index (χ2v) is 6.58. The highest BCUT2D eigenvalue weighted by atomic mass is 15.2. The van der Waals surface area contributed by atoms with Crippen molar-refractivity contribution in [2.45, 2.75) is 66.0 Å². The van der Waals surface area contributed by atoms with E-state index in [1.54, 1.807) is 0 Å². The summed E-state index contributed by atoms with van der Waals surface area (Å²) in [5.41, 5.74) is 0. The molecule has 1 rings (SSSR count). The molecule has 2 heteroatoms. The smallest absolute Gasteiger partial charge is 0.00965 e. The lowest BCUT2D eigenvalue weighted by atomic mass is 10.1. The van der Waals surface area contributed by atoms with Crippen LogP contribution in [0.2, 0.25) is 0 Å². The van der Waals surface area contributed by atoms with E-state index < -0.39 is 0 Å². The Kier molecular flexibility index (Phi) is 6.50. The van der Waals surface area contributed by atoms with E-state index in [2.05, 4.69) is 44.8 Å². The SMILES string of the molecule is CC(C)CCN(CC(C)CNC(C)C)C1CC1. The van der Waals surface area contributed by atoms with E-state index in [4.69, 9.17) is 0 Å². The lowest BCUT2D eigenvalue weighted by molar-refractivity contribution is 0.212. The lowest BCUT2D eigenvalue weighted by Gasteiger charge is -2.27. The molecule has 1 fully saturated rings. The van der Waals surface area contributed by atoms with Crippen molar-refractivity contribution in [1.82, 2.24) is 10.2 Å². The van der Waals surface area contributed by atoms with Crippen LogP contribution in [0.3, 0.4) is 0 Å². The first-order chi connectivity index (χ1) is 7.99. The van der Waals surface area contributed by atoms with Crippen molar-refractivity contribution in [3.63, 3.8) is 0 Å². The van der Waals surface area contributed by atoms with Gasteiger partial charge in [-0.2, -0.15) is 0 Å². The fraction of sp³-hybridized carbons (Fsp3) is 1.00. The van der Waals surface area contributed by atoms with E-state index in [-0.39, 0.29) is 0 Å². The van der Waals surface area contributed by atoms with E-state index in [0.29, 0.717) is 6.04 Å². The molecule has 0 aromatic carbocycles. The van der Waals surface area contributed by atoms with Crippen LogP contribution in [0, 0.1) is 11.8 Å². The van der Waals surface area contributed by atoms with Crippen LogP contribution in [0.4, 0.5) is 0 Å². The van der Waals surface area contributed by atoms with Gasteiger partial charge in [0.15, 0.2) is 0 Å². The van der Waals surface area contributed by atoms with Crippen molar-refractivity contribution >= 4 is 0 Å². The van der Waals surface area contributed by atoms with Crippen molar-refractivity contribution in [2.24, 2.45) is 11.8 Å². The van der Waals surface area contributed by atoms with Gasteiger partial charge in [-0.05, 0) is 44.2 Å². The molecule has 1 saturated carbocycles. The molecule has 0 spiro atoms. The fourth-order valence-electron chi connectivity index (χ4n) is 2.19. The van der Waals surface area contributed by atoms with Crippen molar-refractivity contribution < 1.29 is 0 Å². The van der Waals surface area contributed by atoms with Crippen LogP contribution in [0.15, 0.2) is 0 Å². The van der Waals surface area contributed by atoms with E-state index in [1.807, 2.05) is 0 Å². The Hall–Kier alpha value is -0.0800. The minimum absolute atomic E-state index is 0.613. The maximum atomic E-state index is 3.55. The predicted molar refractivity (Wildman–Crippen MR) is 76.4 cm³/mol. The first-order valence-corrected chi connectivity index (χ1v) is 7.46. The average Bonchev–Trinajstić information content (AvgIpc) is 3.04. The van der Waals surface area contributed by atoms with Gasteiger partial charge in [0.1, 0.15) is 0 Å². The lowest BCUT2D eigenvalue weighted by Crippen LogP contribution is -2.37. The zero-order chi connectivity index (χ0) is 12.8. The molecule has 0 aromatic heterocycles. The summed E-state index contributed by atoms with van der Waals surface area (Å²) in [6.07, 6.45) is 4.21. The van der Waals surface area contributed by atoms with Crippen LogP contribution >= 0.6 is 0 Å². The molecule has 1 aliphatic carbocycles. The van der Waals surface area contributed by atoms with Gasteiger partial charge in [0, 0.05) is 18.6 Å². The Labute approximate surface area is 108 Å². The summed E-state index contributed by atoms with van der Waals surface area (Å²) in [5, 5.41) is 3.55. The van der Waals surface area contributed by atoms with Gasteiger partial charge in [-0.3, -0.25) is 0 Å². The third-order valence-corrected chi connectivity index (χ3v) is 3.48. The molecular weight excluding hydrogens is 208 g/mol. The van der Waals surface area contributed by atoms with Gasteiger partial charge in [-0.25, -0.2) is 0 Å². The molecule has 0 bridgehead atoms. The Morgan fingerprint density at radius 2 is 1.76 bits per heavy atom. The number of rotatable bonds is 9. The van der Waals surface area contributed by atoms with E-state index >= 15 is 0 Å². The van der Waals surface area contributed by atoms with Crippen molar-refractivity contribution in [1.29, 1.82) is 0 Å². The summed E-state index contributed by atoms with van der Waals surface area (Å²) < 4.78 is 0. The first kappa shape index (κ1) is 15.0. The normalized spacial score (nSPS) is 18.4. The molecule has 0 heterocycles. The molecule has 1 atom stereocenters. The van der Waals surface area contributed by atoms with Gasteiger partial charge < -0.3 is 10.2 Å². The molecule has 0 amide bonds. The molecule has 0 saturated heterocycles. The van der Waals surface area contributed by atoms with Gasteiger partial charge in [0.2, 0.25) is 0 Å². The number of hydrogen-bond donors (Lipinski definition) is 1. The van der Waals surface area contributed by atoms with Gasteiger partial charge >= 0.3 is 0 Å². The van der Waals surface area contributed by atoms with Crippen LogP contribution in [0.5, 0.6) is 0 Å². The van der Waals surface area contributed by atoms with Gasteiger partial charge in [0.25, 0.3) is 0 Å². The monoisotopic (exact) mass is 240 g/mol. The van der Waals surface area contributed by atoms with Crippen molar-refractivity contribution in [3.8, 4) is 0 Å². The average molecular weight is 240 g/mol. The topological polar surface area (TPSA) is 15.3 Å². The summed E-state index contributed by atoms with van der Waals surface area (Å²) in [6.45, 7) is 15.2. The van der Waals surface area contributed by atoms with Crippen molar-refractivity contribution in [3.05, 3.63) is 0 Å². The van der Waals surface area contributed by atoms with Crippen LogP contribution in [-0.2, 0) is 0 Å². The molecular formula is C15H32N2. The number of nitrogens with one attached hydrogen (secondary N) is 1. The molecule has 1 aliphatic rings. The summed E-state index contributed by atoms with van der Waals surface area (Å²) in [5.74, 6) is 1.60. The molecule has 1 unspecified atom stereocenters. The number of hydrogen-bond acceptors (Lipinski definition) is 2. The highest BCUT2D eigenvalue weighted by molar-refractivity contribution is 4.85. The fourth-order valence-corrected chi connectivity index (χ4v) is 2.19. The standard InChI is InChI=1S/C15H32N2/c1-12(2)8-9-17(15-6-7-15)11-14(5)10-16-13(3)4/h12-16H,6-11H2,1-5H3.